The third kappa shape index (κ3) is 1.57. The molecule has 1 N–H and O–H groups in total. The van der Waals surface area contributed by atoms with Crippen molar-refractivity contribution in [3.8, 4) is 0 Å². The SMILES string of the molecule is O=C1CN(C(=O)C2CC23CC3)c2cc(F)c(F)cc2N1. The first-order chi connectivity index (χ1) is 9.50. The fourth-order valence-electron chi connectivity index (χ4n) is 3.07. The van der Waals surface area contributed by atoms with Crippen molar-refractivity contribution >= 4 is 23.2 Å². The Morgan fingerprint density at radius 1 is 1.30 bits per heavy atom. The van der Waals surface area contributed by atoms with E-state index in [9.17, 15) is 18.4 Å². The number of fused-ring (bicyclic) bond motifs is 1. The van der Waals surface area contributed by atoms with Crippen molar-refractivity contribution in [3.05, 3.63) is 23.8 Å². The summed E-state index contributed by atoms with van der Waals surface area (Å²) in [6, 6.07) is 1.89. The lowest BCUT2D eigenvalue weighted by Crippen LogP contribution is -2.43. The third-order valence-corrected chi connectivity index (χ3v) is 4.55. The first-order valence-electron chi connectivity index (χ1n) is 6.60. The monoisotopic (exact) mass is 278 g/mol. The van der Waals surface area contributed by atoms with E-state index in [1.807, 2.05) is 0 Å². The van der Waals surface area contributed by atoms with Crippen molar-refractivity contribution in [1.29, 1.82) is 0 Å². The van der Waals surface area contributed by atoms with Crippen LogP contribution in [0.2, 0.25) is 0 Å². The van der Waals surface area contributed by atoms with Gasteiger partial charge in [-0.2, -0.15) is 0 Å². The normalized spacial score (nSPS) is 25.2. The average Bonchev–Trinajstić information content (AvgIpc) is 3.31. The molecule has 1 aromatic carbocycles. The molecule has 104 valence electrons. The number of nitrogens with zero attached hydrogens (tertiary/aromatic N) is 1. The second-order valence-electron chi connectivity index (χ2n) is 5.88. The maximum Gasteiger partial charge on any atom is 0.244 e. The molecular formula is C14H12F2N2O2. The van der Waals surface area contributed by atoms with E-state index in [0.717, 1.165) is 31.4 Å². The summed E-state index contributed by atoms with van der Waals surface area (Å²) >= 11 is 0. The van der Waals surface area contributed by atoms with E-state index < -0.39 is 11.6 Å². The van der Waals surface area contributed by atoms with Crippen LogP contribution in [0.1, 0.15) is 19.3 Å². The lowest BCUT2D eigenvalue weighted by molar-refractivity contribution is -0.123. The van der Waals surface area contributed by atoms with Gasteiger partial charge >= 0.3 is 0 Å². The van der Waals surface area contributed by atoms with E-state index in [2.05, 4.69) is 5.32 Å². The van der Waals surface area contributed by atoms with Crippen LogP contribution in [0.15, 0.2) is 12.1 Å². The minimum absolute atomic E-state index is 0.0608. The Morgan fingerprint density at radius 3 is 2.65 bits per heavy atom. The lowest BCUT2D eigenvalue weighted by Gasteiger charge is -2.29. The van der Waals surface area contributed by atoms with E-state index in [1.54, 1.807) is 0 Å². The molecule has 1 aromatic rings. The minimum Gasteiger partial charge on any atom is -0.323 e. The van der Waals surface area contributed by atoms with Gasteiger partial charge in [-0.05, 0) is 24.7 Å². The summed E-state index contributed by atoms with van der Waals surface area (Å²) in [7, 11) is 0. The second kappa shape index (κ2) is 3.56. The van der Waals surface area contributed by atoms with Crippen molar-refractivity contribution in [3.63, 3.8) is 0 Å². The summed E-state index contributed by atoms with van der Waals surface area (Å²) in [6.45, 7) is -0.135. The summed E-state index contributed by atoms with van der Waals surface area (Å²) in [5, 5.41) is 2.47. The van der Waals surface area contributed by atoms with Gasteiger partial charge in [0.15, 0.2) is 11.6 Å². The topological polar surface area (TPSA) is 49.4 Å². The fourth-order valence-corrected chi connectivity index (χ4v) is 3.07. The predicted octanol–water partition coefficient (Wildman–Crippen LogP) is 2.05. The van der Waals surface area contributed by atoms with E-state index in [4.69, 9.17) is 0 Å². The summed E-state index contributed by atoms with van der Waals surface area (Å²) in [5.74, 6) is -2.65. The summed E-state index contributed by atoms with van der Waals surface area (Å²) in [5.41, 5.74) is 0.555. The Labute approximate surface area is 113 Å². The quantitative estimate of drug-likeness (QED) is 0.854. The van der Waals surface area contributed by atoms with Crippen molar-refractivity contribution in [2.45, 2.75) is 19.3 Å². The minimum atomic E-state index is -1.04. The van der Waals surface area contributed by atoms with Crippen LogP contribution < -0.4 is 10.2 Å². The number of carbonyl (C=O) groups excluding carboxylic acids is 2. The van der Waals surface area contributed by atoms with Gasteiger partial charge < -0.3 is 10.2 Å². The molecule has 2 amide bonds. The number of hydrogen-bond acceptors (Lipinski definition) is 2. The van der Waals surface area contributed by atoms with Crippen molar-refractivity contribution in [2.75, 3.05) is 16.8 Å². The summed E-state index contributed by atoms with van der Waals surface area (Å²) in [6.07, 6.45) is 2.95. The molecule has 20 heavy (non-hydrogen) atoms. The zero-order valence-corrected chi connectivity index (χ0v) is 10.6. The first-order valence-corrected chi connectivity index (χ1v) is 6.60. The lowest BCUT2D eigenvalue weighted by atomic mass is 10.1. The van der Waals surface area contributed by atoms with Gasteiger partial charge in [0.05, 0.1) is 11.4 Å². The molecule has 4 rings (SSSR count). The molecule has 0 aromatic heterocycles. The van der Waals surface area contributed by atoms with Gasteiger partial charge in [0.25, 0.3) is 0 Å². The molecule has 2 aliphatic carbocycles. The number of hydrogen-bond donors (Lipinski definition) is 1. The molecule has 1 unspecified atom stereocenters. The molecule has 1 spiro atoms. The van der Waals surface area contributed by atoms with Crippen molar-refractivity contribution in [2.24, 2.45) is 11.3 Å². The van der Waals surface area contributed by atoms with Crippen LogP contribution in [-0.4, -0.2) is 18.4 Å². The van der Waals surface area contributed by atoms with Crippen LogP contribution in [-0.2, 0) is 9.59 Å². The number of anilines is 2. The number of rotatable bonds is 1. The standard InChI is InChI=1S/C14H12F2N2O2/c15-8-3-10-11(4-9(8)16)18(6-12(19)17-10)13(20)7-5-14(7)1-2-14/h3-4,7H,1-2,5-6H2,(H,17,19). The Balaban J connectivity index is 1.72. The van der Waals surface area contributed by atoms with Crippen LogP contribution >= 0.6 is 0 Å². The van der Waals surface area contributed by atoms with Gasteiger partial charge in [0, 0.05) is 18.1 Å². The van der Waals surface area contributed by atoms with E-state index in [1.165, 1.54) is 4.90 Å². The number of amides is 2. The van der Waals surface area contributed by atoms with E-state index in [0.29, 0.717) is 0 Å². The summed E-state index contributed by atoms with van der Waals surface area (Å²) in [4.78, 5) is 25.4. The van der Waals surface area contributed by atoms with E-state index in [-0.39, 0.29) is 41.1 Å². The highest BCUT2D eigenvalue weighted by Gasteiger charge is 2.66. The van der Waals surface area contributed by atoms with E-state index >= 15 is 0 Å². The molecule has 0 radical (unpaired) electrons. The highest BCUT2D eigenvalue weighted by Crippen LogP contribution is 2.71. The van der Waals surface area contributed by atoms with Gasteiger partial charge in [-0.3, -0.25) is 9.59 Å². The number of carbonyl (C=O) groups is 2. The van der Waals surface area contributed by atoms with Crippen LogP contribution in [0.5, 0.6) is 0 Å². The van der Waals surface area contributed by atoms with Gasteiger partial charge in [-0.1, -0.05) is 0 Å². The number of halogens is 2. The second-order valence-corrected chi connectivity index (χ2v) is 5.88. The largest absolute Gasteiger partial charge is 0.323 e. The highest BCUT2D eigenvalue weighted by atomic mass is 19.2. The number of benzene rings is 1. The predicted molar refractivity (Wildman–Crippen MR) is 67.1 cm³/mol. The maximum absolute atomic E-state index is 13.4. The molecule has 1 atom stereocenters. The molecule has 2 fully saturated rings. The van der Waals surface area contributed by atoms with Gasteiger partial charge in [-0.15, -0.1) is 0 Å². The zero-order valence-electron chi connectivity index (χ0n) is 10.6. The van der Waals surface area contributed by atoms with Crippen LogP contribution in [0, 0.1) is 23.0 Å². The van der Waals surface area contributed by atoms with Crippen LogP contribution in [0.25, 0.3) is 0 Å². The van der Waals surface area contributed by atoms with Gasteiger partial charge in [0.2, 0.25) is 11.8 Å². The zero-order chi connectivity index (χ0) is 14.1. The molecular weight excluding hydrogens is 266 g/mol. The molecule has 1 aliphatic heterocycles. The molecule has 1 heterocycles. The maximum atomic E-state index is 13.4. The Morgan fingerprint density at radius 2 is 2.00 bits per heavy atom. The molecule has 3 aliphatic rings. The Hall–Kier alpha value is -1.98. The Kier molecular flexibility index (Phi) is 2.10. The first kappa shape index (κ1) is 11.8. The van der Waals surface area contributed by atoms with Crippen molar-refractivity contribution < 1.29 is 18.4 Å². The summed E-state index contributed by atoms with van der Waals surface area (Å²) < 4.78 is 26.6. The third-order valence-electron chi connectivity index (χ3n) is 4.55. The van der Waals surface area contributed by atoms with Crippen LogP contribution in [0.3, 0.4) is 0 Å². The van der Waals surface area contributed by atoms with Crippen LogP contribution in [0.4, 0.5) is 20.2 Å². The van der Waals surface area contributed by atoms with Crippen molar-refractivity contribution in [1.82, 2.24) is 0 Å². The van der Waals surface area contributed by atoms with Gasteiger partial charge in [-0.25, -0.2) is 8.78 Å². The molecule has 6 heteroatoms. The molecule has 0 bridgehead atoms. The fraction of sp³-hybridized carbons (Fsp3) is 0.429. The van der Waals surface area contributed by atoms with Gasteiger partial charge in [0.1, 0.15) is 6.54 Å². The smallest absolute Gasteiger partial charge is 0.244 e. The average molecular weight is 278 g/mol. The molecule has 4 nitrogen and oxygen atoms in total. The highest BCUT2D eigenvalue weighted by molar-refractivity contribution is 6.11. The number of nitrogens with one attached hydrogen (secondary N) is 1. The Bertz CT molecular complexity index is 655. The molecule has 0 saturated heterocycles. The molecule has 2 saturated carbocycles.